The molecule has 0 radical (unpaired) electrons. The maximum absolute atomic E-state index is 5.54. The number of hydrogen-bond donors (Lipinski definition) is 1. The van der Waals surface area contributed by atoms with E-state index < -0.39 is 0 Å². The average Bonchev–Trinajstić information content (AvgIpc) is 2.42. The molecule has 2 rings (SSSR count). The zero-order chi connectivity index (χ0) is 12.6. The van der Waals surface area contributed by atoms with Crippen LogP contribution >= 0.6 is 0 Å². The highest BCUT2D eigenvalue weighted by Crippen LogP contribution is 2.40. The molecule has 0 aromatic heterocycles. The van der Waals surface area contributed by atoms with Gasteiger partial charge in [0.2, 0.25) is 0 Å². The lowest BCUT2D eigenvalue weighted by Crippen LogP contribution is -2.40. The van der Waals surface area contributed by atoms with Crippen LogP contribution in [-0.2, 0) is 4.74 Å². The van der Waals surface area contributed by atoms with Crippen molar-refractivity contribution in [2.75, 3.05) is 19.8 Å². The Morgan fingerprint density at radius 1 is 1.06 bits per heavy atom. The maximum Gasteiger partial charge on any atom is 0.0591 e. The smallest absolute Gasteiger partial charge is 0.0591 e. The normalized spacial score (nSPS) is 31.9. The molecule has 0 amide bonds. The molecule has 104 valence electrons. The minimum Gasteiger partial charge on any atom is -0.380 e. The first-order chi connectivity index (χ1) is 8.90. The molecule has 0 heterocycles. The van der Waals surface area contributed by atoms with E-state index >= 15 is 0 Å². The Kier molecular flexibility index (Phi) is 6.22. The third-order valence-electron chi connectivity index (χ3n) is 4.69. The summed E-state index contributed by atoms with van der Waals surface area (Å²) < 4.78 is 5.54. The molecule has 0 spiro atoms. The first kappa shape index (κ1) is 14.1. The minimum atomic E-state index is 0.757. The standard InChI is InChI=1S/C16H29NO/c1-2-3-11-18-12-10-17-16-9-8-14-6-4-5-7-15(14)13-16/h2,14-17H,1,3-13H2. The van der Waals surface area contributed by atoms with Gasteiger partial charge in [0.05, 0.1) is 13.2 Å². The van der Waals surface area contributed by atoms with Crippen LogP contribution in [0.3, 0.4) is 0 Å². The van der Waals surface area contributed by atoms with Crippen molar-refractivity contribution in [2.24, 2.45) is 11.8 Å². The second-order valence-corrected chi connectivity index (χ2v) is 5.96. The second-order valence-electron chi connectivity index (χ2n) is 5.96. The van der Waals surface area contributed by atoms with E-state index in [9.17, 15) is 0 Å². The van der Waals surface area contributed by atoms with Gasteiger partial charge >= 0.3 is 0 Å². The summed E-state index contributed by atoms with van der Waals surface area (Å²) >= 11 is 0. The van der Waals surface area contributed by atoms with Gasteiger partial charge in [0.25, 0.3) is 0 Å². The molecule has 2 heteroatoms. The first-order valence-corrected chi connectivity index (χ1v) is 7.82. The van der Waals surface area contributed by atoms with Crippen molar-refractivity contribution >= 4 is 0 Å². The van der Waals surface area contributed by atoms with E-state index in [1.165, 1.54) is 44.9 Å². The highest BCUT2D eigenvalue weighted by molar-refractivity contribution is 4.86. The fourth-order valence-corrected chi connectivity index (χ4v) is 3.66. The van der Waals surface area contributed by atoms with Crippen LogP contribution in [0.1, 0.15) is 51.4 Å². The Hall–Kier alpha value is -0.340. The van der Waals surface area contributed by atoms with Crippen LogP contribution in [0.2, 0.25) is 0 Å². The molecular weight excluding hydrogens is 222 g/mol. The zero-order valence-electron chi connectivity index (χ0n) is 11.7. The monoisotopic (exact) mass is 251 g/mol. The van der Waals surface area contributed by atoms with Gasteiger partial charge < -0.3 is 10.1 Å². The van der Waals surface area contributed by atoms with E-state index in [-0.39, 0.29) is 0 Å². The van der Waals surface area contributed by atoms with Gasteiger partial charge in [-0.25, -0.2) is 0 Å². The summed E-state index contributed by atoms with van der Waals surface area (Å²) in [6.45, 7) is 6.37. The van der Waals surface area contributed by atoms with E-state index in [0.717, 1.165) is 44.1 Å². The Labute approximate surface area is 112 Å². The largest absolute Gasteiger partial charge is 0.380 e. The quantitative estimate of drug-likeness (QED) is 0.552. The zero-order valence-corrected chi connectivity index (χ0v) is 11.7. The molecule has 1 N–H and O–H groups in total. The number of nitrogens with one attached hydrogen (secondary N) is 1. The van der Waals surface area contributed by atoms with Crippen LogP contribution in [0, 0.1) is 11.8 Å². The van der Waals surface area contributed by atoms with Crippen LogP contribution in [0.5, 0.6) is 0 Å². The lowest BCUT2D eigenvalue weighted by atomic mass is 9.69. The van der Waals surface area contributed by atoms with E-state index in [0.29, 0.717) is 0 Å². The lowest BCUT2D eigenvalue weighted by Gasteiger charge is -2.39. The van der Waals surface area contributed by atoms with Gasteiger partial charge in [0, 0.05) is 12.6 Å². The first-order valence-electron chi connectivity index (χ1n) is 7.82. The van der Waals surface area contributed by atoms with E-state index in [4.69, 9.17) is 4.74 Å². The third kappa shape index (κ3) is 4.40. The van der Waals surface area contributed by atoms with Gasteiger partial charge in [-0.1, -0.05) is 31.8 Å². The summed E-state index contributed by atoms with van der Waals surface area (Å²) in [7, 11) is 0. The fraction of sp³-hybridized carbons (Fsp3) is 0.875. The molecule has 0 aromatic rings. The van der Waals surface area contributed by atoms with Gasteiger partial charge in [0.1, 0.15) is 0 Å². The lowest BCUT2D eigenvalue weighted by molar-refractivity contribution is 0.119. The maximum atomic E-state index is 5.54. The molecule has 0 aromatic carbocycles. The van der Waals surface area contributed by atoms with Crippen LogP contribution in [0.15, 0.2) is 12.7 Å². The Bertz CT molecular complexity index is 241. The van der Waals surface area contributed by atoms with E-state index in [1.54, 1.807) is 0 Å². The van der Waals surface area contributed by atoms with Crippen molar-refractivity contribution in [3.63, 3.8) is 0 Å². The van der Waals surface area contributed by atoms with Crippen LogP contribution in [-0.4, -0.2) is 25.8 Å². The van der Waals surface area contributed by atoms with Crippen LogP contribution in [0.4, 0.5) is 0 Å². The Morgan fingerprint density at radius 3 is 2.72 bits per heavy atom. The average molecular weight is 251 g/mol. The molecular formula is C16H29NO. The molecule has 2 nitrogen and oxygen atoms in total. The molecule has 0 aliphatic heterocycles. The minimum absolute atomic E-state index is 0.757. The molecule has 2 aliphatic carbocycles. The second kappa shape index (κ2) is 7.96. The SMILES string of the molecule is C=CCCOCCNC1CCC2CCCCC2C1. The molecule has 0 bridgehead atoms. The Balaban J connectivity index is 1.55. The van der Waals surface area contributed by atoms with Gasteiger partial charge in [-0.3, -0.25) is 0 Å². The predicted octanol–water partition coefficient (Wildman–Crippen LogP) is 3.53. The van der Waals surface area contributed by atoms with Crippen molar-refractivity contribution in [1.29, 1.82) is 0 Å². The topological polar surface area (TPSA) is 21.3 Å². The summed E-state index contributed by atoms with van der Waals surface area (Å²) in [5.74, 6) is 2.08. The molecule has 2 saturated carbocycles. The summed E-state index contributed by atoms with van der Waals surface area (Å²) in [5, 5.41) is 3.68. The van der Waals surface area contributed by atoms with Gasteiger partial charge in [-0.15, -0.1) is 6.58 Å². The highest BCUT2D eigenvalue weighted by atomic mass is 16.5. The summed E-state index contributed by atoms with van der Waals surface area (Å²) in [5.41, 5.74) is 0. The molecule has 2 aliphatic rings. The number of hydrogen-bond acceptors (Lipinski definition) is 2. The van der Waals surface area contributed by atoms with Crippen molar-refractivity contribution in [3.05, 3.63) is 12.7 Å². The number of rotatable bonds is 7. The molecule has 0 saturated heterocycles. The van der Waals surface area contributed by atoms with Gasteiger partial charge in [-0.2, -0.15) is 0 Å². The van der Waals surface area contributed by atoms with Crippen LogP contribution in [0.25, 0.3) is 0 Å². The van der Waals surface area contributed by atoms with E-state index in [2.05, 4.69) is 11.9 Å². The van der Waals surface area contributed by atoms with Crippen molar-refractivity contribution in [3.8, 4) is 0 Å². The summed E-state index contributed by atoms with van der Waals surface area (Å²) in [4.78, 5) is 0. The molecule has 3 atom stereocenters. The van der Waals surface area contributed by atoms with Crippen molar-refractivity contribution < 1.29 is 4.74 Å². The highest BCUT2D eigenvalue weighted by Gasteiger charge is 2.31. The molecule has 3 unspecified atom stereocenters. The van der Waals surface area contributed by atoms with E-state index in [1.807, 2.05) is 6.08 Å². The van der Waals surface area contributed by atoms with Gasteiger partial charge in [0.15, 0.2) is 0 Å². The number of ether oxygens (including phenoxy) is 1. The Morgan fingerprint density at radius 2 is 1.89 bits per heavy atom. The van der Waals surface area contributed by atoms with Gasteiger partial charge in [-0.05, 0) is 37.5 Å². The molecule has 2 fully saturated rings. The summed E-state index contributed by atoms with van der Waals surface area (Å²) in [6, 6.07) is 0.757. The van der Waals surface area contributed by atoms with Crippen molar-refractivity contribution in [2.45, 2.75) is 57.4 Å². The van der Waals surface area contributed by atoms with Crippen molar-refractivity contribution in [1.82, 2.24) is 5.32 Å². The predicted molar refractivity (Wildman–Crippen MR) is 76.7 cm³/mol. The number of fused-ring (bicyclic) bond motifs is 1. The van der Waals surface area contributed by atoms with Crippen LogP contribution < -0.4 is 5.32 Å². The molecule has 18 heavy (non-hydrogen) atoms. The third-order valence-corrected chi connectivity index (χ3v) is 4.69. The fourth-order valence-electron chi connectivity index (χ4n) is 3.66. The summed E-state index contributed by atoms with van der Waals surface area (Å²) in [6.07, 6.45) is 13.1.